The van der Waals surface area contributed by atoms with E-state index in [1.54, 1.807) is 31.4 Å². The van der Waals surface area contributed by atoms with Crippen LogP contribution < -0.4 is 14.4 Å². The van der Waals surface area contributed by atoms with Crippen LogP contribution >= 0.6 is 0 Å². The predicted octanol–water partition coefficient (Wildman–Crippen LogP) is 4.31. The second-order valence-electron chi connectivity index (χ2n) is 9.59. The zero-order valence-corrected chi connectivity index (χ0v) is 23.8. The molecule has 0 unspecified atom stereocenters. The lowest BCUT2D eigenvalue weighted by atomic mass is 10.0. The van der Waals surface area contributed by atoms with Gasteiger partial charge >= 0.3 is 0 Å². The number of nitrogens with one attached hydrogen (secondary N) is 1. The Morgan fingerprint density at radius 2 is 1.59 bits per heavy atom. The van der Waals surface area contributed by atoms with Crippen LogP contribution in [0.2, 0.25) is 0 Å². The van der Waals surface area contributed by atoms with Crippen LogP contribution in [0.3, 0.4) is 0 Å². The van der Waals surface area contributed by atoms with Gasteiger partial charge in [0.05, 0.1) is 19.1 Å². The molecule has 0 aliphatic heterocycles. The Bertz CT molecular complexity index is 1150. The van der Waals surface area contributed by atoms with Gasteiger partial charge in [-0.3, -0.25) is 13.9 Å². The molecular formula is C28H41N3O5S. The van der Waals surface area contributed by atoms with Crippen molar-refractivity contribution >= 4 is 27.5 Å². The van der Waals surface area contributed by atoms with Gasteiger partial charge in [-0.25, -0.2) is 8.42 Å². The van der Waals surface area contributed by atoms with Crippen molar-refractivity contribution < 1.29 is 22.7 Å². The lowest BCUT2D eigenvalue weighted by Gasteiger charge is -2.34. The topological polar surface area (TPSA) is 96.0 Å². The van der Waals surface area contributed by atoms with Crippen molar-refractivity contribution in [1.29, 1.82) is 0 Å². The molecule has 0 aliphatic carbocycles. The van der Waals surface area contributed by atoms with Crippen molar-refractivity contribution in [2.24, 2.45) is 0 Å². The van der Waals surface area contributed by atoms with Crippen LogP contribution in [0.1, 0.15) is 64.5 Å². The number of anilines is 1. The van der Waals surface area contributed by atoms with Crippen molar-refractivity contribution in [3.8, 4) is 5.75 Å². The van der Waals surface area contributed by atoms with Gasteiger partial charge in [-0.05, 0) is 55.0 Å². The number of sulfonamides is 1. The Labute approximate surface area is 222 Å². The van der Waals surface area contributed by atoms with Crippen LogP contribution in [0.15, 0.2) is 48.5 Å². The third-order valence-corrected chi connectivity index (χ3v) is 7.53. The van der Waals surface area contributed by atoms with Gasteiger partial charge in [0.15, 0.2) is 0 Å². The van der Waals surface area contributed by atoms with Gasteiger partial charge in [-0.2, -0.15) is 0 Å². The molecule has 2 amide bonds. The van der Waals surface area contributed by atoms with Crippen LogP contribution in [0, 0.1) is 0 Å². The highest BCUT2D eigenvalue weighted by atomic mass is 32.2. The molecule has 204 valence electrons. The summed E-state index contributed by atoms with van der Waals surface area (Å²) in [6, 6.07) is 13.6. The van der Waals surface area contributed by atoms with Crippen LogP contribution in [0.4, 0.5) is 5.69 Å². The van der Waals surface area contributed by atoms with E-state index < -0.39 is 28.5 Å². The first-order chi connectivity index (χ1) is 17.4. The highest BCUT2D eigenvalue weighted by Gasteiger charge is 2.32. The molecule has 2 rings (SSSR count). The summed E-state index contributed by atoms with van der Waals surface area (Å²) in [4.78, 5) is 28.6. The van der Waals surface area contributed by atoms with Crippen LogP contribution in [0.5, 0.6) is 5.75 Å². The molecule has 0 saturated heterocycles. The van der Waals surface area contributed by atoms with Crippen molar-refractivity contribution in [2.75, 3.05) is 24.2 Å². The first-order valence-corrected chi connectivity index (χ1v) is 14.6. The minimum atomic E-state index is -3.79. The SMILES string of the molecule is CC[C@@H](C)NC(=O)[C@H](CC)N(Cc1ccc(OC)cc1)C(=O)CN(c1ccccc1C(C)C)S(C)(=O)=O. The standard InChI is InChI=1S/C28H41N3O5S/c1-8-21(5)29-28(33)25(9-2)30(18-22-14-16-23(36-6)17-15-22)27(32)19-31(37(7,34)35)26-13-11-10-12-24(26)20(3)4/h10-17,20-21,25H,8-9,18-19H2,1-7H3,(H,29,33)/t21-,25+/m1/s1. The van der Waals surface area contributed by atoms with Crippen molar-refractivity contribution in [1.82, 2.24) is 10.2 Å². The van der Waals surface area contributed by atoms with Gasteiger partial charge in [-0.15, -0.1) is 0 Å². The summed E-state index contributed by atoms with van der Waals surface area (Å²) in [6.07, 6.45) is 2.23. The largest absolute Gasteiger partial charge is 0.497 e. The Balaban J connectivity index is 2.50. The second kappa shape index (κ2) is 13.5. The van der Waals surface area contributed by atoms with Crippen molar-refractivity contribution in [3.05, 3.63) is 59.7 Å². The summed E-state index contributed by atoms with van der Waals surface area (Å²) < 4.78 is 32.2. The van der Waals surface area contributed by atoms with E-state index in [1.807, 2.05) is 58.9 Å². The Kier molecular flexibility index (Phi) is 11.0. The fourth-order valence-electron chi connectivity index (χ4n) is 4.09. The fourth-order valence-corrected chi connectivity index (χ4v) is 4.95. The van der Waals surface area contributed by atoms with Crippen LogP contribution in [-0.2, 0) is 26.2 Å². The Hall–Kier alpha value is -3.07. The van der Waals surface area contributed by atoms with E-state index in [4.69, 9.17) is 4.74 Å². The molecule has 0 bridgehead atoms. The molecule has 37 heavy (non-hydrogen) atoms. The molecular weight excluding hydrogens is 490 g/mol. The average molecular weight is 532 g/mol. The molecule has 2 aromatic rings. The number of rotatable bonds is 13. The monoisotopic (exact) mass is 531 g/mol. The quantitative estimate of drug-likeness (QED) is 0.416. The van der Waals surface area contributed by atoms with E-state index in [0.29, 0.717) is 17.9 Å². The van der Waals surface area contributed by atoms with Gasteiger partial charge in [0.1, 0.15) is 18.3 Å². The molecule has 1 N–H and O–H groups in total. The summed E-state index contributed by atoms with van der Waals surface area (Å²) in [5.41, 5.74) is 2.09. The van der Waals surface area contributed by atoms with Gasteiger partial charge in [0.25, 0.3) is 0 Å². The molecule has 0 fully saturated rings. The maximum atomic E-state index is 13.9. The third kappa shape index (κ3) is 8.21. The highest BCUT2D eigenvalue weighted by Crippen LogP contribution is 2.29. The number of methoxy groups -OCH3 is 1. The normalized spacial score (nSPS) is 13.1. The molecule has 2 aromatic carbocycles. The summed E-state index contributed by atoms with van der Waals surface area (Å²) >= 11 is 0. The van der Waals surface area contributed by atoms with Crippen LogP contribution in [0.25, 0.3) is 0 Å². The summed E-state index contributed by atoms with van der Waals surface area (Å²) in [7, 11) is -2.22. The molecule has 8 nitrogen and oxygen atoms in total. The number of amides is 2. The molecule has 0 aliphatic rings. The maximum absolute atomic E-state index is 13.9. The number of hydrogen-bond acceptors (Lipinski definition) is 5. The zero-order chi connectivity index (χ0) is 27.8. The first kappa shape index (κ1) is 30.2. The number of ether oxygens (including phenoxy) is 1. The zero-order valence-electron chi connectivity index (χ0n) is 23.0. The molecule has 2 atom stereocenters. The first-order valence-electron chi connectivity index (χ1n) is 12.7. The Morgan fingerprint density at radius 1 is 0.973 bits per heavy atom. The van der Waals surface area contributed by atoms with E-state index >= 15 is 0 Å². The number of benzene rings is 2. The predicted molar refractivity (Wildman–Crippen MR) is 148 cm³/mol. The van der Waals surface area contributed by atoms with E-state index in [2.05, 4.69) is 5.32 Å². The van der Waals surface area contributed by atoms with Gasteiger partial charge in [0.2, 0.25) is 21.8 Å². The lowest BCUT2D eigenvalue weighted by molar-refractivity contribution is -0.140. The number of carbonyl (C=O) groups is 2. The van der Waals surface area contributed by atoms with Gasteiger partial charge in [0, 0.05) is 12.6 Å². The van der Waals surface area contributed by atoms with E-state index in [-0.39, 0.29) is 24.4 Å². The minimum absolute atomic E-state index is 0.0510. The number of hydrogen-bond donors (Lipinski definition) is 1. The number of nitrogens with zero attached hydrogens (tertiary/aromatic N) is 2. The summed E-state index contributed by atoms with van der Waals surface area (Å²) in [6.45, 7) is 9.42. The van der Waals surface area contributed by atoms with E-state index in [1.165, 1.54) is 4.90 Å². The molecule has 9 heteroatoms. The number of carbonyl (C=O) groups excluding carboxylic acids is 2. The summed E-state index contributed by atoms with van der Waals surface area (Å²) in [5, 5.41) is 2.97. The smallest absolute Gasteiger partial charge is 0.244 e. The fraction of sp³-hybridized carbons (Fsp3) is 0.500. The molecule has 0 heterocycles. The molecule has 0 spiro atoms. The van der Waals surface area contributed by atoms with Gasteiger partial charge in [-0.1, -0.05) is 58.0 Å². The van der Waals surface area contributed by atoms with Gasteiger partial charge < -0.3 is 15.0 Å². The molecule has 0 saturated carbocycles. The summed E-state index contributed by atoms with van der Waals surface area (Å²) in [5.74, 6) is 0.0190. The molecule has 0 radical (unpaired) electrons. The van der Waals surface area contributed by atoms with Crippen molar-refractivity contribution in [2.45, 2.75) is 72.0 Å². The second-order valence-corrected chi connectivity index (χ2v) is 11.5. The lowest BCUT2D eigenvalue weighted by Crippen LogP contribution is -2.53. The van der Waals surface area contributed by atoms with E-state index in [9.17, 15) is 18.0 Å². The van der Waals surface area contributed by atoms with E-state index in [0.717, 1.165) is 28.1 Å². The average Bonchev–Trinajstić information content (AvgIpc) is 2.86. The minimum Gasteiger partial charge on any atom is -0.497 e. The number of para-hydroxylation sites is 1. The van der Waals surface area contributed by atoms with Crippen LogP contribution in [-0.4, -0.2) is 57.1 Å². The van der Waals surface area contributed by atoms with Crippen molar-refractivity contribution in [3.63, 3.8) is 0 Å². The molecule has 0 aromatic heterocycles. The maximum Gasteiger partial charge on any atom is 0.244 e. The highest BCUT2D eigenvalue weighted by molar-refractivity contribution is 7.92. The Morgan fingerprint density at radius 3 is 2.11 bits per heavy atom. The third-order valence-electron chi connectivity index (χ3n) is 6.41.